The fourth-order valence-electron chi connectivity index (χ4n) is 4.56. The molecule has 3 fully saturated rings. The van der Waals surface area contributed by atoms with E-state index in [4.69, 9.17) is 9.47 Å². The van der Waals surface area contributed by atoms with Crippen molar-refractivity contribution in [3.8, 4) is 0 Å². The molecule has 6 nitrogen and oxygen atoms in total. The number of amides is 1. The lowest BCUT2D eigenvalue weighted by Crippen LogP contribution is -2.73. The van der Waals surface area contributed by atoms with Gasteiger partial charge < -0.3 is 14.4 Å². The van der Waals surface area contributed by atoms with Gasteiger partial charge >= 0.3 is 0 Å². The maximum Gasteiger partial charge on any atom is 0.228 e. The third kappa shape index (κ3) is 3.63. The predicted molar refractivity (Wildman–Crippen MR) is 97.5 cm³/mol. The van der Waals surface area contributed by atoms with E-state index in [1.807, 2.05) is 23.2 Å². The van der Waals surface area contributed by atoms with Gasteiger partial charge in [-0.25, -0.2) is 0 Å². The predicted octanol–water partition coefficient (Wildman–Crippen LogP) is 1.56. The summed E-state index contributed by atoms with van der Waals surface area (Å²) in [5.41, 5.74) is 1.27. The standard InChI is InChI=1S/C20H29N3O3/c1-22-7-4-16(11-26-12-17-3-2-6-21-10-17)9-20(22)14-23(15-20)19(24)18-5-8-25-13-18/h2-3,6,10,16,18H,4-5,7-9,11-15H2,1H3/t16-,18+/m1/s1. The minimum Gasteiger partial charge on any atom is -0.381 e. The van der Waals surface area contributed by atoms with Gasteiger partial charge in [0.25, 0.3) is 0 Å². The Kier molecular flexibility index (Phi) is 5.25. The maximum atomic E-state index is 12.6. The molecule has 4 heterocycles. The number of likely N-dealkylation sites (tertiary alicyclic amines) is 2. The lowest BCUT2D eigenvalue weighted by Gasteiger charge is -2.59. The SMILES string of the molecule is CN1CC[C@@H](COCc2cccnc2)CC12CN(C(=O)[C@H]1CCOC1)C2. The molecule has 3 aliphatic heterocycles. The van der Waals surface area contributed by atoms with Gasteiger partial charge in [-0.05, 0) is 50.4 Å². The summed E-state index contributed by atoms with van der Waals surface area (Å²) in [4.78, 5) is 21.2. The Morgan fingerprint density at radius 3 is 3.04 bits per heavy atom. The average Bonchev–Trinajstić information content (AvgIpc) is 3.16. The van der Waals surface area contributed by atoms with E-state index >= 15 is 0 Å². The van der Waals surface area contributed by atoms with Crippen LogP contribution in [0.5, 0.6) is 0 Å². The molecule has 0 aliphatic carbocycles. The molecule has 0 bridgehead atoms. The molecule has 142 valence electrons. The van der Waals surface area contributed by atoms with Crippen LogP contribution in [0.3, 0.4) is 0 Å². The monoisotopic (exact) mass is 359 g/mol. The first-order valence-electron chi connectivity index (χ1n) is 9.71. The Hall–Kier alpha value is -1.50. The minimum absolute atomic E-state index is 0.0832. The van der Waals surface area contributed by atoms with Crippen LogP contribution in [0, 0.1) is 11.8 Å². The summed E-state index contributed by atoms with van der Waals surface area (Å²) in [6.07, 6.45) is 6.80. The van der Waals surface area contributed by atoms with E-state index in [9.17, 15) is 4.79 Å². The number of hydrogen-bond acceptors (Lipinski definition) is 5. The fraction of sp³-hybridized carbons (Fsp3) is 0.700. The van der Waals surface area contributed by atoms with Crippen LogP contribution in [0.2, 0.25) is 0 Å². The molecular formula is C20H29N3O3. The Labute approximate surface area is 155 Å². The van der Waals surface area contributed by atoms with Crippen LogP contribution >= 0.6 is 0 Å². The quantitative estimate of drug-likeness (QED) is 0.799. The molecule has 3 saturated heterocycles. The largest absolute Gasteiger partial charge is 0.381 e. The van der Waals surface area contributed by atoms with Crippen LogP contribution in [0.1, 0.15) is 24.8 Å². The molecule has 1 spiro atoms. The van der Waals surface area contributed by atoms with Crippen LogP contribution in [0.4, 0.5) is 0 Å². The summed E-state index contributed by atoms with van der Waals surface area (Å²) in [6, 6.07) is 3.99. The molecule has 4 rings (SSSR count). The van der Waals surface area contributed by atoms with Gasteiger partial charge in [0, 0.05) is 38.7 Å². The number of nitrogens with zero attached hydrogens (tertiary/aromatic N) is 3. The van der Waals surface area contributed by atoms with Gasteiger partial charge in [-0.1, -0.05) is 6.07 Å². The second kappa shape index (κ2) is 7.62. The van der Waals surface area contributed by atoms with Crippen LogP contribution < -0.4 is 0 Å². The number of pyridine rings is 1. The molecular weight excluding hydrogens is 330 g/mol. The molecule has 0 saturated carbocycles. The van der Waals surface area contributed by atoms with Crippen molar-refractivity contribution in [2.45, 2.75) is 31.4 Å². The van der Waals surface area contributed by atoms with Crippen LogP contribution in [-0.4, -0.2) is 72.7 Å². The zero-order valence-electron chi connectivity index (χ0n) is 15.6. The van der Waals surface area contributed by atoms with Gasteiger partial charge in [0.2, 0.25) is 5.91 Å². The van der Waals surface area contributed by atoms with E-state index in [-0.39, 0.29) is 17.4 Å². The summed E-state index contributed by atoms with van der Waals surface area (Å²) < 4.78 is 11.3. The third-order valence-corrected chi connectivity index (χ3v) is 6.26. The number of carbonyl (C=O) groups excluding carboxylic acids is 1. The average molecular weight is 359 g/mol. The van der Waals surface area contributed by atoms with Crippen molar-refractivity contribution in [1.29, 1.82) is 0 Å². The highest BCUT2D eigenvalue weighted by atomic mass is 16.5. The summed E-state index contributed by atoms with van der Waals surface area (Å²) >= 11 is 0. The van der Waals surface area contributed by atoms with Crippen molar-refractivity contribution in [1.82, 2.24) is 14.8 Å². The molecule has 0 aromatic carbocycles. The van der Waals surface area contributed by atoms with E-state index in [0.717, 1.165) is 57.7 Å². The number of rotatable bonds is 5. The van der Waals surface area contributed by atoms with E-state index < -0.39 is 0 Å². The van der Waals surface area contributed by atoms with Crippen LogP contribution in [0.25, 0.3) is 0 Å². The van der Waals surface area contributed by atoms with Crippen LogP contribution in [-0.2, 0) is 20.9 Å². The summed E-state index contributed by atoms with van der Waals surface area (Å²) in [6.45, 7) is 5.54. The third-order valence-electron chi connectivity index (χ3n) is 6.26. The second-order valence-electron chi connectivity index (χ2n) is 8.14. The van der Waals surface area contributed by atoms with Crippen molar-refractivity contribution in [2.24, 2.45) is 11.8 Å². The summed E-state index contributed by atoms with van der Waals surface area (Å²) in [5.74, 6) is 0.936. The minimum atomic E-state index is 0.0832. The highest BCUT2D eigenvalue weighted by Crippen LogP contribution is 2.39. The Balaban J connectivity index is 1.26. The molecule has 0 N–H and O–H groups in total. The highest BCUT2D eigenvalue weighted by Gasteiger charge is 2.51. The molecule has 1 amide bonds. The molecule has 1 aromatic rings. The van der Waals surface area contributed by atoms with E-state index in [1.165, 1.54) is 0 Å². The molecule has 2 atom stereocenters. The molecule has 0 unspecified atom stereocenters. The smallest absolute Gasteiger partial charge is 0.228 e. The van der Waals surface area contributed by atoms with Crippen molar-refractivity contribution in [3.05, 3.63) is 30.1 Å². The molecule has 3 aliphatic rings. The van der Waals surface area contributed by atoms with E-state index in [0.29, 0.717) is 19.1 Å². The van der Waals surface area contributed by atoms with E-state index in [2.05, 4.69) is 16.9 Å². The second-order valence-corrected chi connectivity index (χ2v) is 8.14. The number of carbonyl (C=O) groups is 1. The number of likely N-dealkylation sites (N-methyl/N-ethyl adjacent to an activating group) is 1. The van der Waals surface area contributed by atoms with Crippen LogP contribution in [0.15, 0.2) is 24.5 Å². The number of ether oxygens (including phenoxy) is 2. The summed E-state index contributed by atoms with van der Waals surface area (Å²) in [7, 11) is 2.20. The van der Waals surface area contributed by atoms with Gasteiger partial charge in [-0.15, -0.1) is 0 Å². The Morgan fingerprint density at radius 1 is 1.42 bits per heavy atom. The number of hydrogen-bond donors (Lipinski definition) is 0. The first-order valence-corrected chi connectivity index (χ1v) is 9.71. The Bertz CT molecular complexity index is 612. The van der Waals surface area contributed by atoms with E-state index in [1.54, 1.807) is 6.20 Å². The lowest BCUT2D eigenvalue weighted by molar-refractivity contribution is -0.155. The van der Waals surface area contributed by atoms with Gasteiger partial charge in [0.1, 0.15) is 0 Å². The zero-order chi connectivity index (χ0) is 18.0. The van der Waals surface area contributed by atoms with Gasteiger partial charge in [-0.2, -0.15) is 0 Å². The fourth-order valence-corrected chi connectivity index (χ4v) is 4.56. The number of piperidine rings is 1. The normalized spacial score (nSPS) is 28.3. The highest BCUT2D eigenvalue weighted by molar-refractivity contribution is 5.80. The van der Waals surface area contributed by atoms with Crippen molar-refractivity contribution in [3.63, 3.8) is 0 Å². The topological polar surface area (TPSA) is 54.9 Å². The Morgan fingerprint density at radius 2 is 2.31 bits per heavy atom. The molecule has 1 aromatic heterocycles. The van der Waals surface area contributed by atoms with Crippen molar-refractivity contribution in [2.75, 3.05) is 46.5 Å². The molecule has 6 heteroatoms. The zero-order valence-corrected chi connectivity index (χ0v) is 15.6. The lowest BCUT2D eigenvalue weighted by atomic mass is 9.75. The van der Waals surface area contributed by atoms with Gasteiger partial charge in [-0.3, -0.25) is 14.7 Å². The van der Waals surface area contributed by atoms with Crippen molar-refractivity contribution >= 4 is 5.91 Å². The summed E-state index contributed by atoms with van der Waals surface area (Å²) in [5, 5.41) is 0. The van der Waals surface area contributed by atoms with Crippen molar-refractivity contribution < 1.29 is 14.3 Å². The first-order chi connectivity index (χ1) is 12.7. The number of aromatic nitrogens is 1. The first kappa shape index (κ1) is 17.9. The molecule has 0 radical (unpaired) electrons. The molecule has 26 heavy (non-hydrogen) atoms. The van der Waals surface area contributed by atoms with Gasteiger partial charge in [0.05, 0.1) is 24.7 Å². The maximum absolute atomic E-state index is 12.6. The van der Waals surface area contributed by atoms with Gasteiger partial charge in [0.15, 0.2) is 0 Å².